The molecule has 0 bridgehead atoms. The Kier molecular flexibility index (Phi) is 8.46. The van der Waals surface area contributed by atoms with Gasteiger partial charge < -0.3 is 10.6 Å². The van der Waals surface area contributed by atoms with Crippen LogP contribution >= 0.6 is 57.6 Å². The number of carbonyl (C=O) groups is 2. The number of thiophene rings is 1. The zero-order chi connectivity index (χ0) is 26.5. The van der Waals surface area contributed by atoms with Crippen LogP contribution in [0.1, 0.15) is 20.5 Å². The van der Waals surface area contributed by atoms with Crippen molar-refractivity contribution < 1.29 is 9.59 Å². The van der Waals surface area contributed by atoms with Gasteiger partial charge in [0.25, 0.3) is 5.91 Å². The van der Waals surface area contributed by atoms with E-state index in [9.17, 15) is 9.59 Å². The Morgan fingerprint density at radius 3 is 2.37 bits per heavy atom. The van der Waals surface area contributed by atoms with Crippen LogP contribution in [0, 0.1) is 0 Å². The predicted molar refractivity (Wildman–Crippen MR) is 160 cm³/mol. The average Bonchev–Trinajstić information content (AvgIpc) is 3.62. The van der Waals surface area contributed by atoms with Crippen molar-refractivity contribution in [2.45, 2.75) is 10.1 Å². The average molecular weight is 597 g/mol. The van der Waals surface area contributed by atoms with Crippen LogP contribution in [-0.2, 0) is 4.79 Å². The Hall–Kier alpha value is -3.14. The Labute approximate surface area is 241 Å². The van der Waals surface area contributed by atoms with E-state index in [0.717, 1.165) is 16.0 Å². The van der Waals surface area contributed by atoms with Gasteiger partial charge in [-0.25, -0.2) is 4.98 Å². The molecule has 10 heteroatoms. The first kappa shape index (κ1) is 26.5. The smallest absolute Gasteiger partial charge is 0.265 e. The molecule has 0 fully saturated rings. The number of rotatable bonds is 8. The minimum absolute atomic E-state index is 0.148. The van der Waals surface area contributed by atoms with E-state index in [0.29, 0.717) is 31.4 Å². The molecular formula is C28H19Cl2N3O2S3. The van der Waals surface area contributed by atoms with E-state index in [1.54, 1.807) is 24.3 Å². The standard InChI is InChI=1S/C28H19Cl2N3O2S3/c29-18-8-13-21(22(30)15-18)23-16-37-28(32-23)33-27(35)25(17-5-2-1-3-6-17)38-20-11-9-19(10-12-20)31-26(34)24-7-4-14-36-24/h1-16,25H,(H,31,34)(H,32,33,35). The first-order valence-corrected chi connectivity index (χ1v) is 14.7. The maximum Gasteiger partial charge on any atom is 0.265 e. The Morgan fingerprint density at radius 2 is 1.66 bits per heavy atom. The number of thioether (sulfide) groups is 1. The second-order valence-corrected chi connectivity index (χ2v) is 11.8. The van der Waals surface area contributed by atoms with E-state index in [-0.39, 0.29) is 11.8 Å². The lowest BCUT2D eigenvalue weighted by atomic mass is 10.1. The van der Waals surface area contributed by atoms with Crippen LogP contribution in [0.3, 0.4) is 0 Å². The van der Waals surface area contributed by atoms with Crippen molar-refractivity contribution in [3.05, 3.63) is 116 Å². The number of carbonyl (C=O) groups excluding carboxylic acids is 2. The number of thiazole rings is 1. The van der Waals surface area contributed by atoms with E-state index >= 15 is 0 Å². The molecule has 0 radical (unpaired) electrons. The summed E-state index contributed by atoms with van der Waals surface area (Å²) in [5, 5.41) is 10.6. The van der Waals surface area contributed by atoms with Gasteiger partial charge in [-0.3, -0.25) is 9.59 Å². The van der Waals surface area contributed by atoms with Crippen LogP contribution < -0.4 is 10.6 Å². The van der Waals surface area contributed by atoms with Crippen LogP contribution in [0.2, 0.25) is 10.0 Å². The number of hydrogen-bond acceptors (Lipinski definition) is 6. The summed E-state index contributed by atoms with van der Waals surface area (Å²) in [5.41, 5.74) is 2.95. The molecule has 0 aliphatic rings. The number of hydrogen-bond donors (Lipinski definition) is 2. The molecule has 1 unspecified atom stereocenters. The molecule has 5 nitrogen and oxygen atoms in total. The van der Waals surface area contributed by atoms with Gasteiger partial charge in [0.1, 0.15) is 5.25 Å². The van der Waals surface area contributed by atoms with Gasteiger partial charge in [0.15, 0.2) is 5.13 Å². The highest BCUT2D eigenvalue weighted by Gasteiger charge is 2.23. The van der Waals surface area contributed by atoms with Gasteiger partial charge in [0.05, 0.1) is 15.6 Å². The fraction of sp³-hybridized carbons (Fsp3) is 0.0357. The van der Waals surface area contributed by atoms with Crippen LogP contribution in [0.5, 0.6) is 0 Å². The molecular weight excluding hydrogens is 577 g/mol. The third kappa shape index (κ3) is 6.46. The minimum atomic E-state index is -0.519. The molecule has 2 amide bonds. The first-order valence-electron chi connectivity index (χ1n) is 11.3. The largest absolute Gasteiger partial charge is 0.321 e. The van der Waals surface area contributed by atoms with Crippen molar-refractivity contribution in [2.24, 2.45) is 0 Å². The molecule has 5 aromatic rings. The third-order valence-corrected chi connectivity index (χ3v) is 8.83. The fourth-order valence-corrected chi connectivity index (χ4v) is 6.44. The molecule has 190 valence electrons. The zero-order valence-electron chi connectivity index (χ0n) is 19.6. The van der Waals surface area contributed by atoms with Crippen molar-refractivity contribution >= 4 is 80.3 Å². The summed E-state index contributed by atoms with van der Waals surface area (Å²) in [5.74, 6) is -0.343. The lowest BCUT2D eigenvalue weighted by Crippen LogP contribution is -2.19. The number of benzene rings is 3. The Bertz CT molecular complexity index is 1560. The van der Waals surface area contributed by atoms with Crippen LogP contribution in [0.25, 0.3) is 11.3 Å². The van der Waals surface area contributed by atoms with E-state index in [1.165, 1.54) is 34.4 Å². The number of aromatic nitrogens is 1. The van der Waals surface area contributed by atoms with E-state index in [4.69, 9.17) is 23.2 Å². The highest BCUT2D eigenvalue weighted by molar-refractivity contribution is 8.00. The maximum absolute atomic E-state index is 13.5. The summed E-state index contributed by atoms with van der Waals surface area (Å²) in [7, 11) is 0. The van der Waals surface area contributed by atoms with Gasteiger partial charge >= 0.3 is 0 Å². The molecule has 2 N–H and O–H groups in total. The third-order valence-electron chi connectivity index (χ3n) is 5.39. The lowest BCUT2D eigenvalue weighted by Gasteiger charge is -2.16. The van der Waals surface area contributed by atoms with Crippen LogP contribution in [0.15, 0.2) is 101 Å². The van der Waals surface area contributed by atoms with Crippen LogP contribution in [0.4, 0.5) is 10.8 Å². The quantitative estimate of drug-likeness (QED) is 0.176. The first-order chi connectivity index (χ1) is 18.5. The topological polar surface area (TPSA) is 71.1 Å². The fourth-order valence-electron chi connectivity index (χ4n) is 3.58. The summed E-state index contributed by atoms with van der Waals surface area (Å²) >= 11 is 16.5. The summed E-state index contributed by atoms with van der Waals surface area (Å²) in [6.45, 7) is 0. The molecule has 0 saturated heterocycles. The van der Waals surface area contributed by atoms with E-state index < -0.39 is 5.25 Å². The Balaban J connectivity index is 1.31. The number of anilines is 2. The van der Waals surface area contributed by atoms with Crippen molar-refractivity contribution in [2.75, 3.05) is 10.6 Å². The zero-order valence-corrected chi connectivity index (χ0v) is 23.5. The number of nitrogens with one attached hydrogen (secondary N) is 2. The molecule has 0 saturated carbocycles. The van der Waals surface area contributed by atoms with E-state index in [2.05, 4.69) is 15.6 Å². The number of amides is 2. The van der Waals surface area contributed by atoms with Crippen molar-refractivity contribution in [3.63, 3.8) is 0 Å². The summed E-state index contributed by atoms with van der Waals surface area (Å²) in [4.78, 5) is 31.9. The summed E-state index contributed by atoms with van der Waals surface area (Å²) in [6.07, 6.45) is 0. The Morgan fingerprint density at radius 1 is 0.868 bits per heavy atom. The normalized spacial score (nSPS) is 11.6. The molecule has 0 aliphatic carbocycles. The molecule has 38 heavy (non-hydrogen) atoms. The lowest BCUT2D eigenvalue weighted by molar-refractivity contribution is -0.115. The van der Waals surface area contributed by atoms with E-state index in [1.807, 2.05) is 71.4 Å². The van der Waals surface area contributed by atoms with Crippen molar-refractivity contribution in [3.8, 4) is 11.3 Å². The minimum Gasteiger partial charge on any atom is -0.321 e. The monoisotopic (exact) mass is 595 g/mol. The molecule has 2 heterocycles. The molecule has 3 aromatic carbocycles. The second-order valence-electron chi connectivity index (χ2n) is 8.02. The predicted octanol–water partition coefficient (Wildman–Crippen LogP) is 8.90. The molecule has 0 aliphatic heterocycles. The molecule has 0 spiro atoms. The summed E-state index contributed by atoms with van der Waals surface area (Å²) in [6, 6.07) is 25.9. The number of halogens is 2. The van der Waals surface area contributed by atoms with Gasteiger partial charge in [0, 0.05) is 26.5 Å². The van der Waals surface area contributed by atoms with Crippen molar-refractivity contribution in [1.82, 2.24) is 4.98 Å². The highest BCUT2D eigenvalue weighted by atomic mass is 35.5. The van der Waals surface area contributed by atoms with Crippen LogP contribution in [-0.4, -0.2) is 16.8 Å². The molecule has 1 atom stereocenters. The maximum atomic E-state index is 13.5. The highest BCUT2D eigenvalue weighted by Crippen LogP contribution is 2.38. The van der Waals surface area contributed by atoms with Gasteiger partial charge in [-0.1, -0.05) is 59.6 Å². The van der Waals surface area contributed by atoms with Gasteiger partial charge in [-0.05, 0) is 59.5 Å². The van der Waals surface area contributed by atoms with Crippen molar-refractivity contribution in [1.29, 1.82) is 0 Å². The molecule has 2 aromatic heterocycles. The molecule has 5 rings (SSSR count). The van der Waals surface area contributed by atoms with Gasteiger partial charge in [-0.15, -0.1) is 34.4 Å². The number of nitrogens with zero attached hydrogens (tertiary/aromatic N) is 1. The second kappa shape index (κ2) is 12.1. The summed E-state index contributed by atoms with van der Waals surface area (Å²) < 4.78 is 0. The van der Waals surface area contributed by atoms with Gasteiger partial charge in [0.2, 0.25) is 5.91 Å². The van der Waals surface area contributed by atoms with Gasteiger partial charge in [-0.2, -0.15) is 0 Å². The SMILES string of the molecule is O=C(Nc1ccc(SC(C(=O)Nc2nc(-c3ccc(Cl)cc3Cl)cs2)c2ccccc2)cc1)c1cccs1.